The summed E-state index contributed by atoms with van der Waals surface area (Å²) in [5, 5.41) is 0.148. The SMILES string of the molecule is O=C(CNS(=O)(=O)c1c(F)cccc1F)NNC(=O)c1ccccc1Cl. The average Bonchev–Trinajstić information content (AvgIpc) is 2.58. The Morgan fingerprint density at radius 2 is 1.58 bits per heavy atom. The molecule has 0 aliphatic carbocycles. The smallest absolute Gasteiger partial charge is 0.271 e. The number of amides is 2. The van der Waals surface area contributed by atoms with Crippen molar-refractivity contribution in [3.63, 3.8) is 0 Å². The van der Waals surface area contributed by atoms with Gasteiger partial charge in [0.15, 0.2) is 4.90 Å². The predicted molar refractivity (Wildman–Crippen MR) is 88.6 cm³/mol. The van der Waals surface area contributed by atoms with Gasteiger partial charge in [0.2, 0.25) is 10.0 Å². The van der Waals surface area contributed by atoms with Crippen molar-refractivity contribution >= 4 is 33.4 Å². The van der Waals surface area contributed by atoms with Crippen LogP contribution in [0.3, 0.4) is 0 Å². The molecule has 0 heterocycles. The molecule has 2 aromatic carbocycles. The fourth-order valence-corrected chi connectivity index (χ4v) is 3.19. The molecule has 7 nitrogen and oxygen atoms in total. The molecule has 0 unspecified atom stereocenters. The molecule has 0 aliphatic heterocycles. The molecule has 11 heteroatoms. The van der Waals surface area contributed by atoms with Gasteiger partial charge in [-0.15, -0.1) is 0 Å². The van der Waals surface area contributed by atoms with E-state index >= 15 is 0 Å². The first-order valence-corrected chi connectivity index (χ1v) is 8.86. The van der Waals surface area contributed by atoms with Gasteiger partial charge < -0.3 is 0 Å². The van der Waals surface area contributed by atoms with Crippen LogP contribution in [0.15, 0.2) is 47.4 Å². The van der Waals surface area contributed by atoms with Crippen molar-refractivity contribution in [2.24, 2.45) is 0 Å². The van der Waals surface area contributed by atoms with E-state index in [1.165, 1.54) is 12.1 Å². The number of hydrogen-bond acceptors (Lipinski definition) is 4. The summed E-state index contributed by atoms with van der Waals surface area (Å²) in [6.45, 7) is -0.862. The molecule has 0 spiro atoms. The largest absolute Gasteiger partial charge is 0.272 e. The second kappa shape index (κ2) is 8.21. The van der Waals surface area contributed by atoms with Gasteiger partial charge in [-0.2, -0.15) is 0 Å². The maximum Gasteiger partial charge on any atom is 0.271 e. The van der Waals surface area contributed by atoms with Gasteiger partial charge in [-0.25, -0.2) is 21.9 Å². The van der Waals surface area contributed by atoms with Gasteiger partial charge in [-0.05, 0) is 24.3 Å². The fraction of sp³-hybridized carbons (Fsp3) is 0.0667. The second-order valence-electron chi connectivity index (χ2n) is 4.86. The number of carbonyl (C=O) groups excluding carboxylic acids is 2. The highest BCUT2D eigenvalue weighted by molar-refractivity contribution is 7.89. The molecular weight excluding hydrogens is 392 g/mol. The van der Waals surface area contributed by atoms with Crippen LogP contribution in [-0.2, 0) is 14.8 Å². The predicted octanol–water partition coefficient (Wildman–Crippen LogP) is 1.36. The lowest BCUT2D eigenvalue weighted by Gasteiger charge is -2.10. The first kappa shape index (κ1) is 19.8. The van der Waals surface area contributed by atoms with E-state index in [0.29, 0.717) is 0 Å². The summed E-state index contributed by atoms with van der Waals surface area (Å²) in [4.78, 5) is 22.3. The summed E-state index contributed by atoms with van der Waals surface area (Å²) in [5.41, 5.74) is 4.07. The Kier molecular flexibility index (Phi) is 6.24. The summed E-state index contributed by atoms with van der Waals surface area (Å²) in [5.74, 6) is -4.30. The molecule has 0 saturated heterocycles. The third-order valence-corrected chi connectivity index (χ3v) is 4.83. The number of hydrogen-bond donors (Lipinski definition) is 3. The van der Waals surface area contributed by atoms with Crippen molar-refractivity contribution in [2.45, 2.75) is 4.90 Å². The zero-order chi connectivity index (χ0) is 19.3. The minimum atomic E-state index is -4.61. The van der Waals surface area contributed by atoms with Gasteiger partial charge in [0.05, 0.1) is 17.1 Å². The van der Waals surface area contributed by atoms with Crippen LogP contribution in [0.25, 0.3) is 0 Å². The minimum Gasteiger partial charge on any atom is -0.272 e. The summed E-state index contributed by atoms with van der Waals surface area (Å²) >= 11 is 5.82. The van der Waals surface area contributed by atoms with Gasteiger partial charge in [0, 0.05) is 0 Å². The van der Waals surface area contributed by atoms with Crippen LogP contribution in [0, 0.1) is 11.6 Å². The Balaban J connectivity index is 1.94. The monoisotopic (exact) mass is 403 g/mol. The molecule has 3 N–H and O–H groups in total. The topological polar surface area (TPSA) is 104 Å². The Morgan fingerprint density at radius 3 is 2.19 bits per heavy atom. The fourth-order valence-electron chi connectivity index (χ4n) is 1.86. The Hall–Kier alpha value is -2.56. The summed E-state index contributed by atoms with van der Waals surface area (Å²) < 4.78 is 52.6. The molecule has 26 heavy (non-hydrogen) atoms. The highest BCUT2D eigenvalue weighted by Crippen LogP contribution is 2.17. The first-order valence-electron chi connectivity index (χ1n) is 7.00. The molecule has 0 fully saturated rings. The molecule has 138 valence electrons. The normalized spacial score (nSPS) is 11.0. The van der Waals surface area contributed by atoms with Gasteiger partial charge in [-0.3, -0.25) is 20.4 Å². The van der Waals surface area contributed by atoms with Crippen LogP contribution in [0.2, 0.25) is 5.02 Å². The molecule has 0 aromatic heterocycles. The van der Waals surface area contributed by atoms with Crippen molar-refractivity contribution in [3.8, 4) is 0 Å². The van der Waals surface area contributed by atoms with Crippen molar-refractivity contribution < 1.29 is 26.8 Å². The molecular formula is C15H12ClF2N3O4S. The van der Waals surface area contributed by atoms with Crippen molar-refractivity contribution in [2.75, 3.05) is 6.54 Å². The van der Waals surface area contributed by atoms with Gasteiger partial charge in [-0.1, -0.05) is 29.8 Å². The zero-order valence-corrected chi connectivity index (χ0v) is 14.5. The Morgan fingerprint density at radius 1 is 0.962 bits per heavy atom. The molecule has 0 radical (unpaired) electrons. The number of benzene rings is 2. The molecule has 2 amide bonds. The van der Waals surface area contributed by atoms with Crippen LogP contribution in [0.1, 0.15) is 10.4 Å². The van der Waals surface area contributed by atoms with Crippen LogP contribution in [-0.4, -0.2) is 26.8 Å². The van der Waals surface area contributed by atoms with Crippen molar-refractivity contribution in [3.05, 3.63) is 64.7 Å². The number of nitrogens with one attached hydrogen (secondary N) is 3. The lowest BCUT2D eigenvalue weighted by atomic mass is 10.2. The van der Waals surface area contributed by atoms with Gasteiger partial charge in [0.25, 0.3) is 11.8 Å². The van der Waals surface area contributed by atoms with E-state index < -0.39 is 44.9 Å². The number of sulfonamides is 1. The number of halogens is 3. The highest BCUT2D eigenvalue weighted by Gasteiger charge is 2.24. The lowest BCUT2D eigenvalue weighted by Crippen LogP contribution is -2.46. The van der Waals surface area contributed by atoms with E-state index in [2.05, 4.69) is 0 Å². The van der Waals surface area contributed by atoms with E-state index in [-0.39, 0.29) is 10.6 Å². The van der Waals surface area contributed by atoms with E-state index in [4.69, 9.17) is 11.6 Å². The zero-order valence-electron chi connectivity index (χ0n) is 12.9. The molecule has 2 rings (SSSR count). The van der Waals surface area contributed by atoms with Gasteiger partial charge in [0.1, 0.15) is 11.6 Å². The van der Waals surface area contributed by atoms with E-state index in [1.54, 1.807) is 16.9 Å². The summed E-state index contributed by atoms with van der Waals surface area (Å²) in [7, 11) is -4.61. The maximum absolute atomic E-state index is 13.5. The molecule has 0 saturated carbocycles. The molecule has 2 aromatic rings. The van der Waals surface area contributed by atoms with Crippen molar-refractivity contribution in [1.29, 1.82) is 0 Å². The quantitative estimate of drug-likeness (QED) is 0.655. The first-order chi connectivity index (χ1) is 12.2. The van der Waals surface area contributed by atoms with E-state index in [1.807, 2.05) is 10.9 Å². The third-order valence-electron chi connectivity index (χ3n) is 3.04. The Bertz CT molecular complexity index is 933. The average molecular weight is 404 g/mol. The van der Waals surface area contributed by atoms with Crippen molar-refractivity contribution in [1.82, 2.24) is 15.6 Å². The van der Waals surface area contributed by atoms with E-state index in [0.717, 1.165) is 18.2 Å². The Labute approximate surface area is 152 Å². The number of hydrazine groups is 1. The molecule has 0 bridgehead atoms. The van der Waals surface area contributed by atoms with Crippen LogP contribution < -0.4 is 15.6 Å². The van der Waals surface area contributed by atoms with Crippen LogP contribution >= 0.6 is 11.6 Å². The molecule has 0 aliphatic rings. The van der Waals surface area contributed by atoms with E-state index in [9.17, 15) is 26.8 Å². The highest BCUT2D eigenvalue weighted by atomic mass is 35.5. The summed E-state index contributed by atoms with van der Waals surface area (Å²) in [6.07, 6.45) is 0. The standard InChI is InChI=1S/C15H12ClF2N3O4S/c16-10-5-2-1-4-9(10)15(23)21-20-13(22)8-19-26(24,25)14-11(17)6-3-7-12(14)18/h1-7,19H,8H2,(H,20,22)(H,21,23). The summed E-state index contributed by atoms with van der Waals surface area (Å²) in [6, 6.07) is 8.57. The lowest BCUT2D eigenvalue weighted by molar-refractivity contribution is -0.120. The van der Waals surface area contributed by atoms with Crippen LogP contribution in [0.4, 0.5) is 8.78 Å². The number of carbonyl (C=O) groups is 2. The number of rotatable bonds is 5. The van der Waals surface area contributed by atoms with Gasteiger partial charge >= 0.3 is 0 Å². The minimum absolute atomic E-state index is 0.0866. The van der Waals surface area contributed by atoms with Crippen LogP contribution in [0.5, 0.6) is 0 Å². The second-order valence-corrected chi connectivity index (χ2v) is 6.97. The molecule has 0 atom stereocenters. The maximum atomic E-state index is 13.5. The third kappa shape index (κ3) is 4.75.